The van der Waals surface area contributed by atoms with Crippen molar-refractivity contribution in [2.75, 3.05) is 6.61 Å². The van der Waals surface area contributed by atoms with E-state index in [2.05, 4.69) is 10.0 Å². The van der Waals surface area contributed by atoms with E-state index in [1.165, 1.54) is 12.1 Å². The number of ether oxygens (including phenoxy) is 1. The van der Waals surface area contributed by atoms with E-state index in [9.17, 15) is 19.7 Å². The van der Waals surface area contributed by atoms with Crippen LogP contribution in [0.1, 0.15) is 0 Å². The SMILES string of the molecule is [N-]=[N+]=N[C@@H]1[C@@H](O)[C@@H](Sc2cc(Cl)c(F)c(Cl)c2)O[C@H](CO)[C@@H]1O. The molecule has 0 saturated carbocycles. The van der Waals surface area contributed by atoms with Crippen molar-refractivity contribution >= 4 is 35.0 Å². The third-order valence-corrected chi connectivity index (χ3v) is 4.92. The molecule has 1 aliphatic rings. The third-order valence-electron chi connectivity index (χ3n) is 3.24. The molecule has 0 bridgehead atoms. The van der Waals surface area contributed by atoms with Crippen molar-refractivity contribution < 1.29 is 24.4 Å². The second kappa shape index (κ2) is 7.87. The highest BCUT2D eigenvalue weighted by Crippen LogP contribution is 2.37. The van der Waals surface area contributed by atoms with E-state index in [1.807, 2.05) is 0 Å². The van der Waals surface area contributed by atoms with Gasteiger partial charge in [-0.05, 0) is 17.7 Å². The van der Waals surface area contributed by atoms with Crippen molar-refractivity contribution in [3.05, 3.63) is 38.4 Å². The highest BCUT2D eigenvalue weighted by atomic mass is 35.5. The topological polar surface area (TPSA) is 119 Å². The summed E-state index contributed by atoms with van der Waals surface area (Å²) in [5.74, 6) is -0.765. The van der Waals surface area contributed by atoms with Crippen LogP contribution in [0.15, 0.2) is 22.1 Å². The van der Waals surface area contributed by atoms with Crippen molar-refractivity contribution in [1.29, 1.82) is 0 Å². The zero-order valence-corrected chi connectivity index (χ0v) is 13.7. The number of aliphatic hydroxyl groups excluding tert-OH is 3. The van der Waals surface area contributed by atoms with Gasteiger partial charge < -0.3 is 20.1 Å². The van der Waals surface area contributed by atoms with Crippen LogP contribution in [-0.2, 0) is 4.74 Å². The molecule has 2 rings (SSSR count). The molecule has 1 aromatic rings. The first kappa shape index (κ1) is 18.6. The van der Waals surface area contributed by atoms with Gasteiger partial charge in [-0.3, -0.25) is 0 Å². The Labute approximate surface area is 144 Å². The molecule has 1 saturated heterocycles. The molecule has 3 N–H and O–H groups in total. The molecule has 5 atom stereocenters. The molecule has 0 aliphatic carbocycles. The van der Waals surface area contributed by atoms with Crippen LogP contribution in [0, 0.1) is 5.82 Å². The summed E-state index contributed by atoms with van der Waals surface area (Å²) in [6, 6.07) is 1.39. The lowest BCUT2D eigenvalue weighted by atomic mass is 9.98. The first-order chi connectivity index (χ1) is 10.9. The molecule has 1 aromatic carbocycles. The van der Waals surface area contributed by atoms with Crippen LogP contribution in [-0.4, -0.2) is 51.7 Å². The van der Waals surface area contributed by atoms with Crippen molar-refractivity contribution in [2.45, 2.75) is 34.7 Å². The number of benzene rings is 1. The average molecular weight is 384 g/mol. The fourth-order valence-corrected chi connectivity index (χ4v) is 3.85. The molecule has 1 fully saturated rings. The summed E-state index contributed by atoms with van der Waals surface area (Å²) in [4.78, 5) is 2.98. The Morgan fingerprint density at radius 2 is 1.91 bits per heavy atom. The monoisotopic (exact) mass is 383 g/mol. The predicted octanol–water partition coefficient (Wildman–Crippen LogP) is 2.34. The van der Waals surface area contributed by atoms with Gasteiger partial charge >= 0.3 is 0 Å². The summed E-state index contributed by atoms with van der Waals surface area (Å²) in [5, 5.41) is 32.3. The lowest BCUT2D eigenvalue weighted by Gasteiger charge is -2.40. The van der Waals surface area contributed by atoms with Crippen LogP contribution < -0.4 is 0 Å². The summed E-state index contributed by atoms with van der Waals surface area (Å²) in [6.07, 6.45) is -3.75. The number of aliphatic hydroxyl groups is 3. The van der Waals surface area contributed by atoms with E-state index >= 15 is 0 Å². The van der Waals surface area contributed by atoms with E-state index in [1.54, 1.807) is 0 Å². The highest BCUT2D eigenvalue weighted by molar-refractivity contribution is 7.99. The summed E-state index contributed by atoms with van der Waals surface area (Å²) in [7, 11) is 0. The molecule has 0 radical (unpaired) electrons. The molecule has 7 nitrogen and oxygen atoms in total. The maximum absolute atomic E-state index is 13.4. The molecule has 11 heteroatoms. The molecule has 23 heavy (non-hydrogen) atoms. The first-order valence-corrected chi connectivity index (χ1v) is 8.00. The van der Waals surface area contributed by atoms with Crippen LogP contribution in [0.4, 0.5) is 4.39 Å². The second-order valence-corrected chi connectivity index (χ2v) is 6.71. The van der Waals surface area contributed by atoms with Gasteiger partial charge in [0.1, 0.15) is 17.6 Å². The smallest absolute Gasteiger partial charge is 0.160 e. The summed E-state index contributed by atoms with van der Waals surface area (Å²) in [5.41, 5.74) is 7.56. The maximum atomic E-state index is 13.4. The predicted molar refractivity (Wildman–Crippen MR) is 83.0 cm³/mol. The number of nitrogens with zero attached hydrogens (tertiary/aromatic N) is 3. The van der Waals surface area contributed by atoms with Crippen LogP contribution in [0.3, 0.4) is 0 Å². The standard InChI is InChI=1S/C12H12Cl2FN3O4S/c13-5-1-4(2-6(14)8(5)15)23-12-11(21)9(17-18-16)10(20)7(3-19)22-12/h1-2,7,9-12,19-21H,3H2/t7-,9+,10+,11-,12-/m1/s1. The lowest BCUT2D eigenvalue weighted by molar-refractivity contribution is -0.159. The number of halogens is 3. The van der Waals surface area contributed by atoms with Gasteiger partial charge in [-0.1, -0.05) is 40.1 Å². The van der Waals surface area contributed by atoms with Gasteiger partial charge in [0.15, 0.2) is 5.82 Å². The quantitative estimate of drug-likeness (QED) is 0.319. The Morgan fingerprint density at radius 3 is 2.43 bits per heavy atom. The Balaban J connectivity index is 2.25. The molecule has 126 valence electrons. The van der Waals surface area contributed by atoms with Gasteiger partial charge in [-0.2, -0.15) is 0 Å². The average Bonchev–Trinajstić information content (AvgIpc) is 2.51. The Hall–Kier alpha value is -0.770. The van der Waals surface area contributed by atoms with Crippen LogP contribution in [0.5, 0.6) is 0 Å². The molecule has 1 aliphatic heterocycles. The van der Waals surface area contributed by atoms with Gasteiger partial charge in [0, 0.05) is 9.81 Å². The number of hydrogen-bond donors (Lipinski definition) is 3. The van der Waals surface area contributed by atoms with E-state index in [4.69, 9.17) is 33.5 Å². The van der Waals surface area contributed by atoms with E-state index in [-0.39, 0.29) is 10.0 Å². The zero-order chi connectivity index (χ0) is 17.1. The Bertz CT molecular complexity index is 611. The molecule has 0 aromatic heterocycles. The fraction of sp³-hybridized carbons (Fsp3) is 0.500. The van der Waals surface area contributed by atoms with Gasteiger partial charge in [0.05, 0.1) is 28.8 Å². The van der Waals surface area contributed by atoms with Crippen LogP contribution in [0.2, 0.25) is 10.0 Å². The van der Waals surface area contributed by atoms with E-state index in [0.29, 0.717) is 4.90 Å². The third kappa shape index (κ3) is 4.01. The van der Waals surface area contributed by atoms with Crippen LogP contribution >= 0.6 is 35.0 Å². The van der Waals surface area contributed by atoms with E-state index in [0.717, 1.165) is 11.8 Å². The minimum Gasteiger partial charge on any atom is -0.394 e. The van der Waals surface area contributed by atoms with Gasteiger partial charge in [-0.15, -0.1) is 0 Å². The molecule has 0 unspecified atom stereocenters. The fourth-order valence-electron chi connectivity index (χ4n) is 2.10. The number of rotatable bonds is 4. The van der Waals surface area contributed by atoms with Gasteiger partial charge in [0.25, 0.3) is 0 Å². The van der Waals surface area contributed by atoms with Crippen molar-refractivity contribution in [2.24, 2.45) is 5.11 Å². The highest BCUT2D eigenvalue weighted by Gasteiger charge is 2.44. The van der Waals surface area contributed by atoms with Crippen LogP contribution in [0.25, 0.3) is 10.4 Å². The lowest BCUT2D eigenvalue weighted by Crippen LogP contribution is -2.56. The minimum absolute atomic E-state index is 0.198. The maximum Gasteiger partial charge on any atom is 0.160 e. The van der Waals surface area contributed by atoms with Crippen molar-refractivity contribution in [1.82, 2.24) is 0 Å². The Kier molecular flexibility index (Phi) is 6.35. The Morgan fingerprint density at radius 1 is 1.30 bits per heavy atom. The van der Waals surface area contributed by atoms with Gasteiger partial charge in [-0.25, -0.2) is 4.39 Å². The number of azide groups is 1. The molecule has 0 amide bonds. The zero-order valence-electron chi connectivity index (χ0n) is 11.4. The second-order valence-electron chi connectivity index (χ2n) is 4.72. The largest absolute Gasteiger partial charge is 0.394 e. The molecule has 0 spiro atoms. The number of hydrogen-bond acceptors (Lipinski definition) is 6. The normalized spacial score (nSPS) is 30.8. The molecule has 1 heterocycles. The van der Waals surface area contributed by atoms with Crippen molar-refractivity contribution in [3.8, 4) is 0 Å². The van der Waals surface area contributed by atoms with Crippen molar-refractivity contribution in [3.63, 3.8) is 0 Å². The molecular formula is C12H12Cl2FN3O4S. The summed E-state index contributed by atoms with van der Waals surface area (Å²) in [6.45, 7) is -0.534. The number of thioether (sulfide) groups is 1. The summed E-state index contributed by atoms with van der Waals surface area (Å²) < 4.78 is 18.8. The molecular weight excluding hydrogens is 372 g/mol. The minimum atomic E-state index is -1.36. The van der Waals surface area contributed by atoms with E-state index < -0.39 is 42.2 Å². The van der Waals surface area contributed by atoms with Gasteiger partial charge in [0.2, 0.25) is 0 Å². The summed E-state index contributed by atoms with van der Waals surface area (Å²) >= 11 is 12.4. The first-order valence-electron chi connectivity index (χ1n) is 6.37.